The highest BCUT2D eigenvalue weighted by Crippen LogP contribution is 2.35. The Bertz CT molecular complexity index is 1320. The zero-order chi connectivity index (χ0) is 18.5. The Morgan fingerprint density at radius 2 is 1.46 bits per heavy atom. The van der Waals surface area contributed by atoms with Crippen molar-refractivity contribution in [1.29, 1.82) is 0 Å². The normalized spacial score (nSPS) is 16.6. The minimum atomic E-state index is 0.320. The second kappa shape index (κ2) is 6.22. The van der Waals surface area contributed by atoms with Crippen molar-refractivity contribution >= 4 is 32.4 Å². The number of hydrogen-bond acceptors (Lipinski definition) is 1. The molecule has 28 heavy (non-hydrogen) atoms. The predicted octanol–water partition coefficient (Wildman–Crippen LogP) is 5.90. The van der Waals surface area contributed by atoms with Gasteiger partial charge in [-0.25, -0.2) is 0 Å². The molecule has 0 spiro atoms. The van der Waals surface area contributed by atoms with Crippen molar-refractivity contribution in [1.82, 2.24) is 10.3 Å². The van der Waals surface area contributed by atoms with Gasteiger partial charge in [0.2, 0.25) is 0 Å². The van der Waals surface area contributed by atoms with Gasteiger partial charge in [0.05, 0.1) is 11.6 Å². The van der Waals surface area contributed by atoms with E-state index in [0.717, 1.165) is 19.4 Å². The molecule has 2 heterocycles. The van der Waals surface area contributed by atoms with E-state index in [2.05, 4.69) is 89.2 Å². The number of rotatable bonds is 2. The Labute approximate surface area is 164 Å². The minimum Gasteiger partial charge on any atom is -0.356 e. The van der Waals surface area contributed by atoms with Crippen LogP contribution in [0.25, 0.3) is 32.4 Å². The Balaban J connectivity index is 1.49. The van der Waals surface area contributed by atoms with Gasteiger partial charge >= 0.3 is 0 Å². The summed E-state index contributed by atoms with van der Waals surface area (Å²) >= 11 is 0. The fraction of sp³-hybridized carbons (Fsp3) is 0.154. The SMILES string of the molecule is c1ccc2c(CC3NCCc4c3[nH]c3c4ccc4ccccc43)cccc2c1. The first kappa shape index (κ1) is 15.9. The highest BCUT2D eigenvalue weighted by atomic mass is 15.0. The number of H-pyrrole nitrogens is 1. The van der Waals surface area contributed by atoms with E-state index in [1.165, 1.54) is 49.3 Å². The van der Waals surface area contributed by atoms with Crippen LogP contribution in [0.15, 0.2) is 78.9 Å². The molecule has 0 saturated carbocycles. The first-order valence-electron chi connectivity index (χ1n) is 10.1. The molecular weight excluding hydrogens is 340 g/mol. The van der Waals surface area contributed by atoms with Crippen LogP contribution >= 0.6 is 0 Å². The van der Waals surface area contributed by atoms with Crippen LogP contribution in [0.1, 0.15) is 22.9 Å². The predicted molar refractivity (Wildman–Crippen MR) is 118 cm³/mol. The molecule has 0 bridgehead atoms. The summed E-state index contributed by atoms with van der Waals surface area (Å²) in [4.78, 5) is 3.81. The molecule has 136 valence electrons. The summed E-state index contributed by atoms with van der Waals surface area (Å²) in [5.41, 5.74) is 5.55. The van der Waals surface area contributed by atoms with Crippen LogP contribution in [0.5, 0.6) is 0 Å². The van der Waals surface area contributed by atoms with Gasteiger partial charge in [0, 0.05) is 16.5 Å². The first-order chi connectivity index (χ1) is 13.9. The van der Waals surface area contributed by atoms with Crippen molar-refractivity contribution in [3.8, 4) is 0 Å². The number of benzene rings is 4. The number of aromatic nitrogens is 1. The zero-order valence-electron chi connectivity index (χ0n) is 15.7. The number of nitrogens with one attached hydrogen (secondary N) is 2. The third kappa shape index (κ3) is 2.38. The van der Waals surface area contributed by atoms with E-state index < -0.39 is 0 Å². The monoisotopic (exact) mass is 362 g/mol. The van der Waals surface area contributed by atoms with Gasteiger partial charge in [0.25, 0.3) is 0 Å². The fourth-order valence-electron chi connectivity index (χ4n) is 4.92. The van der Waals surface area contributed by atoms with E-state index >= 15 is 0 Å². The lowest BCUT2D eigenvalue weighted by molar-refractivity contribution is 0.496. The number of hydrogen-bond donors (Lipinski definition) is 2. The Hall–Kier alpha value is -3.10. The maximum absolute atomic E-state index is 3.81. The van der Waals surface area contributed by atoms with Gasteiger partial charge in [-0.1, -0.05) is 78.9 Å². The van der Waals surface area contributed by atoms with Gasteiger partial charge in [-0.15, -0.1) is 0 Å². The molecule has 4 aromatic carbocycles. The Kier molecular flexibility index (Phi) is 3.53. The Morgan fingerprint density at radius 1 is 0.714 bits per heavy atom. The quantitative estimate of drug-likeness (QED) is 0.402. The molecule has 0 aliphatic carbocycles. The van der Waals surface area contributed by atoms with Crippen LogP contribution in [0.4, 0.5) is 0 Å². The van der Waals surface area contributed by atoms with Crippen LogP contribution in [-0.2, 0) is 12.8 Å². The maximum atomic E-state index is 3.81. The molecule has 6 rings (SSSR count). The molecule has 1 atom stereocenters. The molecular formula is C26H22N2. The van der Waals surface area contributed by atoms with E-state index in [-0.39, 0.29) is 0 Å². The van der Waals surface area contributed by atoms with Gasteiger partial charge in [-0.05, 0) is 46.7 Å². The third-order valence-corrected chi connectivity index (χ3v) is 6.26. The minimum absolute atomic E-state index is 0.320. The van der Waals surface area contributed by atoms with Gasteiger partial charge in [0.1, 0.15) is 0 Å². The van der Waals surface area contributed by atoms with E-state index in [9.17, 15) is 0 Å². The Morgan fingerprint density at radius 3 is 2.36 bits per heavy atom. The van der Waals surface area contributed by atoms with Crippen LogP contribution in [-0.4, -0.2) is 11.5 Å². The molecule has 0 saturated heterocycles. The summed E-state index contributed by atoms with van der Waals surface area (Å²) in [6.45, 7) is 1.03. The lowest BCUT2D eigenvalue weighted by Crippen LogP contribution is -2.31. The molecule has 5 aromatic rings. The standard InChI is InChI=1S/C26H22N2/c1-3-10-20-17(6-1)8-5-9-19(20)16-24-26-23(14-15-27-24)22-13-12-18-7-2-4-11-21(18)25(22)28-26/h1-13,24,27-28H,14-16H2. The fourth-order valence-corrected chi connectivity index (χ4v) is 4.92. The van der Waals surface area contributed by atoms with Crippen LogP contribution in [0.3, 0.4) is 0 Å². The zero-order valence-corrected chi connectivity index (χ0v) is 15.7. The number of fused-ring (bicyclic) bond motifs is 6. The molecule has 0 radical (unpaired) electrons. The smallest absolute Gasteiger partial charge is 0.0539 e. The first-order valence-corrected chi connectivity index (χ1v) is 10.1. The van der Waals surface area contributed by atoms with E-state index in [1.807, 2.05) is 0 Å². The molecule has 0 amide bonds. The number of aromatic amines is 1. The summed E-state index contributed by atoms with van der Waals surface area (Å²) < 4.78 is 0. The van der Waals surface area contributed by atoms with E-state index in [0.29, 0.717) is 6.04 Å². The van der Waals surface area contributed by atoms with Crippen molar-refractivity contribution in [2.75, 3.05) is 6.54 Å². The van der Waals surface area contributed by atoms with Crippen molar-refractivity contribution in [2.45, 2.75) is 18.9 Å². The topological polar surface area (TPSA) is 27.8 Å². The van der Waals surface area contributed by atoms with Gasteiger partial charge in [0.15, 0.2) is 0 Å². The van der Waals surface area contributed by atoms with Crippen molar-refractivity contribution < 1.29 is 0 Å². The van der Waals surface area contributed by atoms with Crippen molar-refractivity contribution in [2.24, 2.45) is 0 Å². The van der Waals surface area contributed by atoms with Gasteiger partial charge < -0.3 is 10.3 Å². The van der Waals surface area contributed by atoms with Crippen molar-refractivity contribution in [3.63, 3.8) is 0 Å². The molecule has 0 fully saturated rings. The summed E-state index contributed by atoms with van der Waals surface area (Å²) in [5, 5.41) is 10.4. The van der Waals surface area contributed by atoms with Crippen molar-refractivity contribution in [3.05, 3.63) is 95.7 Å². The molecule has 2 heteroatoms. The molecule has 1 aliphatic heterocycles. The van der Waals surface area contributed by atoms with Crippen LogP contribution < -0.4 is 5.32 Å². The van der Waals surface area contributed by atoms with Crippen LogP contribution in [0.2, 0.25) is 0 Å². The summed E-state index contributed by atoms with van der Waals surface area (Å²) in [7, 11) is 0. The highest BCUT2D eigenvalue weighted by molar-refractivity contribution is 6.07. The lowest BCUT2D eigenvalue weighted by atomic mass is 9.92. The second-order valence-electron chi connectivity index (χ2n) is 7.83. The highest BCUT2D eigenvalue weighted by Gasteiger charge is 2.25. The van der Waals surface area contributed by atoms with Gasteiger partial charge in [-0.3, -0.25) is 0 Å². The average Bonchev–Trinajstić information content (AvgIpc) is 3.14. The molecule has 2 nitrogen and oxygen atoms in total. The lowest BCUT2D eigenvalue weighted by Gasteiger charge is -2.25. The molecule has 2 N–H and O–H groups in total. The molecule has 1 unspecified atom stereocenters. The largest absolute Gasteiger partial charge is 0.356 e. The molecule has 1 aromatic heterocycles. The third-order valence-electron chi connectivity index (χ3n) is 6.26. The summed E-state index contributed by atoms with van der Waals surface area (Å²) in [6.07, 6.45) is 2.08. The maximum Gasteiger partial charge on any atom is 0.0539 e. The van der Waals surface area contributed by atoms with E-state index in [1.54, 1.807) is 0 Å². The average molecular weight is 362 g/mol. The second-order valence-corrected chi connectivity index (χ2v) is 7.83. The summed E-state index contributed by atoms with van der Waals surface area (Å²) in [5.74, 6) is 0. The van der Waals surface area contributed by atoms with Gasteiger partial charge in [-0.2, -0.15) is 0 Å². The molecule has 1 aliphatic rings. The van der Waals surface area contributed by atoms with Crippen LogP contribution in [0, 0.1) is 0 Å². The summed E-state index contributed by atoms with van der Waals surface area (Å²) in [6, 6.07) is 28.9. The van der Waals surface area contributed by atoms with E-state index in [4.69, 9.17) is 0 Å².